The predicted octanol–water partition coefficient (Wildman–Crippen LogP) is 4.57. The first-order chi connectivity index (χ1) is 9.63. The van der Waals surface area contributed by atoms with Crippen LogP contribution in [0.2, 0.25) is 0 Å². The van der Waals surface area contributed by atoms with Gasteiger partial charge in [0.25, 0.3) is 0 Å². The molecule has 1 N–H and O–H groups in total. The van der Waals surface area contributed by atoms with Crippen molar-refractivity contribution in [2.75, 3.05) is 0 Å². The molecule has 0 saturated carbocycles. The van der Waals surface area contributed by atoms with E-state index in [4.69, 9.17) is 0 Å². The fourth-order valence-electron chi connectivity index (χ4n) is 1.92. The number of carbonyl (C=O) groups is 1. The largest absolute Gasteiger partial charge is 0.333 e. The van der Waals surface area contributed by atoms with Gasteiger partial charge in [-0.05, 0) is 48.5 Å². The fourth-order valence-corrected chi connectivity index (χ4v) is 3.28. The molecule has 0 atom stereocenters. The third-order valence-corrected chi connectivity index (χ3v) is 4.38. The number of imidazole rings is 1. The molecule has 3 nitrogen and oxygen atoms in total. The Morgan fingerprint density at radius 2 is 2.05 bits per heavy atom. The predicted molar refractivity (Wildman–Crippen MR) is 85.2 cm³/mol. The minimum absolute atomic E-state index is 0.0340. The van der Waals surface area contributed by atoms with Gasteiger partial charge in [-0.15, -0.1) is 0 Å². The normalized spacial score (nSPS) is 10.9. The van der Waals surface area contributed by atoms with Crippen LogP contribution in [-0.2, 0) is 0 Å². The van der Waals surface area contributed by atoms with Crippen LogP contribution in [0.4, 0.5) is 0 Å². The van der Waals surface area contributed by atoms with E-state index >= 15 is 0 Å². The van der Waals surface area contributed by atoms with E-state index in [-0.39, 0.29) is 5.12 Å². The molecule has 0 aliphatic carbocycles. The monoisotopic (exact) mass is 346 g/mol. The van der Waals surface area contributed by atoms with Crippen LogP contribution in [0.3, 0.4) is 0 Å². The number of aromatic nitrogens is 2. The number of nitrogens with zero attached hydrogens (tertiary/aromatic N) is 1. The lowest BCUT2D eigenvalue weighted by Crippen LogP contribution is -1.94. The molecule has 100 valence electrons. The summed E-state index contributed by atoms with van der Waals surface area (Å²) in [6.07, 6.45) is 0. The van der Waals surface area contributed by atoms with E-state index in [2.05, 4.69) is 25.9 Å². The van der Waals surface area contributed by atoms with Gasteiger partial charge in [0.2, 0.25) is 5.12 Å². The van der Waals surface area contributed by atoms with E-state index in [1.807, 2.05) is 43.3 Å². The average molecular weight is 347 g/mol. The summed E-state index contributed by atoms with van der Waals surface area (Å²) in [5.41, 5.74) is 3.63. The van der Waals surface area contributed by atoms with Crippen LogP contribution < -0.4 is 0 Å². The van der Waals surface area contributed by atoms with E-state index in [0.29, 0.717) is 10.7 Å². The quantitative estimate of drug-likeness (QED) is 0.691. The Kier molecular flexibility index (Phi) is 3.63. The topological polar surface area (TPSA) is 45.8 Å². The van der Waals surface area contributed by atoms with Gasteiger partial charge in [-0.1, -0.05) is 34.1 Å². The van der Waals surface area contributed by atoms with Crippen LogP contribution in [0.5, 0.6) is 0 Å². The van der Waals surface area contributed by atoms with Crippen molar-refractivity contribution in [3.63, 3.8) is 0 Å². The van der Waals surface area contributed by atoms with Crippen LogP contribution in [0.25, 0.3) is 11.0 Å². The maximum absolute atomic E-state index is 12.3. The summed E-state index contributed by atoms with van der Waals surface area (Å²) in [7, 11) is 0. The van der Waals surface area contributed by atoms with Gasteiger partial charge in [-0.2, -0.15) is 0 Å². The third kappa shape index (κ3) is 2.64. The summed E-state index contributed by atoms with van der Waals surface area (Å²) >= 11 is 4.50. The Bertz CT molecular complexity index is 797. The lowest BCUT2D eigenvalue weighted by atomic mass is 10.2. The molecule has 1 aromatic heterocycles. The number of halogens is 1. The van der Waals surface area contributed by atoms with Gasteiger partial charge in [0, 0.05) is 10.0 Å². The summed E-state index contributed by atoms with van der Waals surface area (Å²) in [4.78, 5) is 19.8. The van der Waals surface area contributed by atoms with Crippen LogP contribution in [0, 0.1) is 6.92 Å². The number of rotatable bonds is 2. The highest BCUT2D eigenvalue weighted by Gasteiger charge is 2.13. The van der Waals surface area contributed by atoms with Crippen LogP contribution in [-0.4, -0.2) is 15.1 Å². The fraction of sp³-hybridized carbons (Fsp3) is 0.0667. The van der Waals surface area contributed by atoms with Crippen molar-refractivity contribution in [2.24, 2.45) is 0 Å². The molecule has 0 saturated heterocycles. The van der Waals surface area contributed by atoms with E-state index in [1.165, 1.54) is 0 Å². The summed E-state index contributed by atoms with van der Waals surface area (Å²) < 4.78 is 0.796. The smallest absolute Gasteiger partial charge is 0.228 e. The lowest BCUT2D eigenvalue weighted by Gasteiger charge is -2.00. The maximum Gasteiger partial charge on any atom is 0.228 e. The van der Waals surface area contributed by atoms with E-state index in [9.17, 15) is 4.79 Å². The van der Waals surface area contributed by atoms with E-state index < -0.39 is 0 Å². The van der Waals surface area contributed by atoms with Gasteiger partial charge >= 0.3 is 0 Å². The van der Waals surface area contributed by atoms with Gasteiger partial charge in [0.1, 0.15) is 0 Å². The number of carbonyl (C=O) groups excluding carboxylic acids is 1. The van der Waals surface area contributed by atoms with Crippen molar-refractivity contribution in [1.82, 2.24) is 9.97 Å². The van der Waals surface area contributed by atoms with Crippen molar-refractivity contribution >= 4 is 43.8 Å². The molecule has 3 rings (SSSR count). The molecule has 0 spiro atoms. The Hall–Kier alpha value is -1.59. The number of aromatic amines is 1. The van der Waals surface area contributed by atoms with Crippen molar-refractivity contribution in [2.45, 2.75) is 12.1 Å². The second-order valence-corrected chi connectivity index (χ2v) is 6.25. The number of thioether (sulfide) groups is 1. The van der Waals surface area contributed by atoms with Crippen molar-refractivity contribution in [3.8, 4) is 0 Å². The van der Waals surface area contributed by atoms with Crippen molar-refractivity contribution in [1.29, 1.82) is 0 Å². The highest BCUT2D eigenvalue weighted by Crippen LogP contribution is 2.27. The minimum Gasteiger partial charge on any atom is -0.333 e. The Morgan fingerprint density at radius 3 is 2.85 bits per heavy atom. The summed E-state index contributed by atoms with van der Waals surface area (Å²) in [5, 5.41) is 0.583. The maximum atomic E-state index is 12.3. The zero-order chi connectivity index (χ0) is 14.1. The van der Waals surface area contributed by atoms with Crippen LogP contribution in [0.15, 0.2) is 52.1 Å². The molecule has 0 bridgehead atoms. The van der Waals surface area contributed by atoms with Gasteiger partial charge in [-0.3, -0.25) is 4.79 Å². The second-order valence-electron chi connectivity index (χ2n) is 4.43. The van der Waals surface area contributed by atoms with Gasteiger partial charge < -0.3 is 4.98 Å². The van der Waals surface area contributed by atoms with Gasteiger partial charge in [0.05, 0.1) is 11.0 Å². The molecule has 3 aromatic rings. The Labute approximate surface area is 128 Å². The molecule has 5 heteroatoms. The molecule has 0 amide bonds. The zero-order valence-corrected chi connectivity index (χ0v) is 13.1. The van der Waals surface area contributed by atoms with E-state index in [0.717, 1.165) is 32.8 Å². The molecule has 0 aliphatic heterocycles. The number of fused-ring (bicyclic) bond motifs is 1. The summed E-state index contributed by atoms with van der Waals surface area (Å²) in [5.74, 6) is 0. The standard InChI is InChI=1S/C15H11BrN2OS/c1-9-6-7-12-13(8-9)18-15(17-12)20-14(19)10-4-2-3-5-11(10)16/h2-8H,1H3,(H,17,18). The number of H-pyrrole nitrogens is 1. The Balaban J connectivity index is 1.89. The first-order valence-corrected chi connectivity index (χ1v) is 7.67. The van der Waals surface area contributed by atoms with Gasteiger partial charge in [-0.25, -0.2) is 4.98 Å². The van der Waals surface area contributed by atoms with Crippen LogP contribution in [0.1, 0.15) is 15.9 Å². The first-order valence-electron chi connectivity index (χ1n) is 6.06. The summed E-state index contributed by atoms with van der Waals surface area (Å²) in [6.45, 7) is 2.03. The number of hydrogen-bond acceptors (Lipinski definition) is 3. The average Bonchev–Trinajstić information content (AvgIpc) is 2.80. The van der Waals surface area contributed by atoms with Crippen molar-refractivity contribution < 1.29 is 4.79 Å². The number of nitrogens with one attached hydrogen (secondary N) is 1. The molecule has 0 fully saturated rings. The molecular formula is C15H11BrN2OS. The highest BCUT2D eigenvalue weighted by atomic mass is 79.9. The molecule has 0 radical (unpaired) electrons. The number of hydrogen-bond donors (Lipinski definition) is 1. The molecule has 1 heterocycles. The SMILES string of the molecule is Cc1ccc2nc(SC(=O)c3ccccc3Br)[nH]c2c1. The van der Waals surface area contributed by atoms with Gasteiger partial charge in [0.15, 0.2) is 5.16 Å². The molecular weight excluding hydrogens is 336 g/mol. The number of benzene rings is 2. The highest BCUT2D eigenvalue weighted by molar-refractivity contribution is 9.10. The zero-order valence-electron chi connectivity index (χ0n) is 10.7. The molecule has 0 unspecified atom stereocenters. The molecule has 2 aromatic carbocycles. The molecule has 0 aliphatic rings. The minimum atomic E-state index is -0.0340. The second kappa shape index (κ2) is 5.42. The third-order valence-electron chi connectivity index (χ3n) is 2.90. The van der Waals surface area contributed by atoms with E-state index in [1.54, 1.807) is 6.07 Å². The number of aryl methyl sites for hydroxylation is 1. The first kappa shape index (κ1) is 13.4. The van der Waals surface area contributed by atoms with Crippen LogP contribution >= 0.6 is 27.7 Å². The Morgan fingerprint density at radius 1 is 1.25 bits per heavy atom. The summed E-state index contributed by atoms with van der Waals surface area (Å²) in [6, 6.07) is 13.4. The molecule has 20 heavy (non-hydrogen) atoms. The lowest BCUT2D eigenvalue weighted by molar-refractivity contribution is 0.108. The van der Waals surface area contributed by atoms with Crippen molar-refractivity contribution in [3.05, 3.63) is 58.1 Å².